The minimum absolute atomic E-state index is 0.264. The van der Waals surface area contributed by atoms with Crippen LogP contribution < -0.4 is 0 Å². The number of halogens is 5. The van der Waals surface area contributed by atoms with E-state index in [1.807, 2.05) is 0 Å². The molecular formula is C10H8F5O3S-. The zero-order valence-corrected chi connectivity index (χ0v) is 10.3. The Morgan fingerprint density at radius 2 is 1.68 bits per heavy atom. The van der Waals surface area contributed by atoms with Crippen LogP contribution in [0.4, 0.5) is 22.0 Å². The molecule has 1 rings (SSSR count). The van der Waals surface area contributed by atoms with Crippen LogP contribution >= 0.6 is 0 Å². The molecule has 1 aromatic rings. The van der Waals surface area contributed by atoms with E-state index in [9.17, 15) is 34.9 Å². The molecule has 0 spiro atoms. The summed E-state index contributed by atoms with van der Waals surface area (Å²) in [7, 11) is -5.12. The van der Waals surface area contributed by atoms with E-state index in [1.165, 1.54) is 6.92 Å². The molecule has 0 radical (unpaired) electrons. The first-order chi connectivity index (χ1) is 8.34. The predicted molar refractivity (Wildman–Crippen MR) is 53.8 cm³/mol. The molecule has 0 heterocycles. The Balaban J connectivity index is 3.32. The maximum absolute atomic E-state index is 12.9. The highest BCUT2D eigenvalue weighted by Gasteiger charge is 2.57. The van der Waals surface area contributed by atoms with Crippen LogP contribution in [-0.4, -0.2) is 25.1 Å². The average molecular weight is 303 g/mol. The highest BCUT2D eigenvalue weighted by molar-refractivity contribution is 7.85. The van der Waals surface area contributed by atoms with Gasteiger partial charge < -0.3 is 4.55 Å². The molecule has 0 aliphatic carbocycles. The van der Waals surface area contributed by atoms with E-state index < -0.39 is 39.1 Å². The van der Waals surface area contributed by atoms with Crippen molar-refractivity contribution >= 4 is 10.1 Å². The summed E-state index contributed by atoms with van der Waals surface area (Å²) in [4.78, 5) is -1.07. The summed E-state index contributed by atoms with van der Waals surface area (Å²) in [6.07, 6.45) is -7.71. The van der Waals surface area contributed by atoms with Crippen molar-refractivity contribution in [3.8, 4) is 0 Å². The quantitative estimate of drug-likeness (QED) is 0.637. The first kappa shape index (κ1) is 15.8. The monoisotopic (exact) mass is 303 g/mol. The maximum atomic E-state index is 12.9. The average Bonchev–Trinajstić information content (AvgIpc) is 2.12. The van der Waals surface area contributed by atoms with Gasteiger partial charge in [0.05, 0.1) is 4.90 Å². The van der Waals surface area contributed by atoms with Crippen molar-refractivity contribution < 1.29 is 34.9 Å². The van der Waals surface area contributed by atoms with Crippen LogP contribution in [-0.2, 0) is 16.5 Å². The summed E-state index contributed by atoms with van der Waals surface area (Å²) in [5.41, 5.74) is -0.585. The molecule has 0 amide bonds. The fourth-order valence-electron chi connectivity index (χ4n) is 1.43. The summed E-state index contributed by atoms with van der Waals surface area (Å²) in [5, 5.41) is 0. The Labute approximate surface area is 105 Å². The Morgan fingerprint density at radius 1 is 1.16 bits per heavy atom. The van der Waals surface area contributed by atoms with E-state index in [0.29, 0.717) is 0 Å². The van der Waals surface area contributed by atoms with Crippen LogP contribution in [0.3, 0.4) is 0 Å². The van der Waals surface area contributed by atoms with Crippen LogP contribution in [0, 0.1) is 6.92 Å². The second-order valence-electron chi connectivity index (χ2n) is 3.94. The second-order valence-corrected chi connectivity index (χ2v) is 5.29. The van der Waals surface area contributed by atoms with Gasteiger partial charge in [0.15, 0.2) is 0 Å². The molecule has 0 saturated heterocycles. The molecule has 1 aromatic carbocycles. The fourth-order valence-corrected chi connectivity index (χ4v) is 2.12. The highest BCUT2D eigenvalue weighted by Crippen LogP contribution is 2.39. The van der Waals surface area contributed by atoms with Crippen LogP contribution in [0.2, 0.25) is 0 Å². The molecular weight excluding hydrogens is 295 g/mol. The highest BCUT2D eigenvalue weighted by atomic mass is 32.2. The smallest absolute Gasteiger partial charge is 0.453 e. The molecule has 0 unspecified atom stereocenters. The topological polar surface area (TPSA) is 57.2 Å². The minimum Gasteiger partial charge on any atom is -0.744 e. The molecule has 0 atom stereocenters. The second kappa shape index (κ2) is 4.71. The first-order valence-electron chi connectivity index (χ1n) is 4.84. The molecule has 0 fully saturated rings. The predicted octanol–water partition coefficient (Wildman–Crippen LogP) is 2.64. The third-order valence-electron chi connectivity index (χ3n) is 2.31. The van der Waals surface area contributed by atoms with Gasteiger partial charge in [-0.05, 0) is 18.6 Å². The SMILES string of the molecule is Cc1ccc(S(=O)(=O)[O-])c(CC(F)(F)C(F)(F)F)c1. The zero-order valence-electron chi connectivity index (χ0n) is 9.46. The molecule has 3 nitrogen and oxygen atoms in total. The maximum Gasteiger partial charge on any atom is 0.453 e. The summed E-state index contributed by atoms with van der Waals surface area (Å²) in [6, 6.07) is 2.68. The van der Waals surface area contributed by atoms with E-state index in [-0.39, 0.29) is 5.56 Å². The Bertz CT molecular complexity index is 577. The lowest BCUT2D eigenvalue weighted by Gasteiger charge is -2.22. The Kier molecular flexibility index (Phi) is 3.93. The summed E-state index contributed by atoms with van der Waals surface area (Å²) in [6.45, 7) is 1.37. The number of benzene rings is 1. The lowest BCUT2D eigenvalue weighted by atomic mass is 10.0. The first-order valence-corrected chi connectivity index (χ1v) is 6.25. The van der Waals surface area contributed by atoms with Crippen molar-refractivity contribution in [3.05, 3.63) is 29.3 Å². The largest absolute Gasteiger partial charge is 0.744 e. The molecule has 9 heteroatoms. The molecule has 0 aliphatic heterocycles. The summed E-state index contributed by atoms with van der Waals surface area (Å²) >= 11 is 0. The van der Waals surface area contributed by atoms with Gasteiger partial charge in [0.25, 0.3) is 0 Å². The number of rotatable bonds is 3. The summed E-state index contributed by atoms with van der Waals surface area (Å²) < 4.78 is 94.5. The van der Waals surface area contributed by atoms with Gasteiger partial charge in [-0.3, -0.25) is 0 Å². The van der Waals surface area contributed by atoms with Crippen LogP contribution in [0.5, 0.6) is 0 Å². The van der Waals surface area contributed by atoms with Crippen molar-refractivity contribution in [2.75, 3.05) is 0 Å². The Morgan fingerprint density at radius 3 is 2.11 bits per heavy atom. The van der Waals surface area contributed by atoms with E-state index in [2.05, 4.69) is 0 Å². The van der Waals surface area contributed by atoms with Crippen molar-refractivity contribution in [3.63, 3.8) is 0 Å². The zero-order chi connectivity index (χ0) is 15.1. The number of hydrogen-bond acceptors (Lipinski definition) is 3. The van der Waals surface area contributed by atoms with Crippen molar-refractivity contribution in [2.24, 2.45) is 0 Å². The minimum atomic E-state index is -5.82. The van der Waals surface area contributed by atoms with E-state index in [1.54, 1.807) is 0 Å². The molecule has 19 heavy (non-hydrogen) atoms. The van der Waals surface area contributed by atoms with Crippen molar-refractivity contribution in [2.45, 2.75) is 30.3 Å². The van der Waals surface area contributed by atoms with Crippen LogP contribution in [0.25, 0.3) is 0 Å². The fraction of sp³-hybridized carbons (Fsp3) is 0.400. The lowest BCUT2D eigenvalue weighted by molar-refractivity contribution is -0.281. The van der Waals surface area contributed by atoms with E-state index in [4.69, 9.17) is 0 Å². The van der Waals surface area contributed by atoms with Gasteiger partial charge in [0, 0.05) is 6.42 Å². The molecule has 0 aliphatic rings. The van der Waals surface area contributed by atoms with Gasteiger partial charge in [-0.1, -0.05) is 17.7 Å². The molecule has 0 saturated carbocycles. The van der Waals surface area contributed by atoms with Gasteiger partial charge in [-0.15, -0.1) is 0 Å². The molecule has 0 aromatic heterocycles. The molecule has 108 valence electrons. The Hall–Kier alpha value is -1.22. The van der Waals surface area contributed by atoms with Gasteiger partial charge in [0.2, 0.25) is 0 Å². The number of alkyl halides is 5. The third kappa shape index (κ3) is 3.63. The van der Waals surface area contributed by atoms with Gasteiger partial charge in [-0.2, -0.15) is 22.0 Å². The molecule has 0 N–H and O–H groups in total. The van der Waals surface area contributed by atoms with Gasteiger partial charge in [0.1, 0.15) is 10.1 Å². The van der Waals surface area contributed by atoms with Crippen molar-refractivity contribution in [1.29, 1.82) is 0 Å². The van der Waals surface area contributed by atoms with Crippen LogP contribution in [0.15, 0.2) is 23.1 Å². The number of aryl methyl sites for hydroxylation is 1. The summed E-state index contributed by atoms with van der Waals surface area (Å²) in [5.74, 6) is -5.11. The molecule has 0 bridgehead atoms. The van der Waals surface area contributed by atoms with Gasteiger partial charge in [-0.25, -0.2) is 8.42 Å². The van der Waals surface area contributed by atoms with Crippen LogP contribution in [0.1, 0.15) is 11.1 Å². The van der Waals surface area contributed by atoms with Gasteiger partial charge >= 0.3 is 12.1 Å². The third-order valence-corrected chi connectivity index (χ3v) is 3.25. The van der Waals surface area contributed by atoms with E-state index in [0.717, 1.165) is 18.2 Å². The number of hydrogen-bond donors (Lipinski definition) is 0. The lowest BCUT2D eigenvalue weighted by Crippen LogP contribution is -2.38. The van der Waals surface area contributed by atoms with E-state index >= 15 is 0 Å². The standard InChI is InChI=1S/C10H9F5O3S/c1-6-2-3-8(19(16,17)18)7(4-6)5-9(11,12)10(13,14)15/h2-4H,5H2,1H3,(H,16,17,18)/p-1. The van der Waals surface area contributed by atoms with Crippen molar-refractivity contribution in [1.82, 2.24) is 0 Å². The normalized spacial score (nSPS) is 13.6.